The molecule has 0 aromatic heterocycles. The number of nitrogens with one attached hydrogen (secondary N) is 1. The SMILES string of the molecule is CS(=O)(=O)c1ccc(C(=O)N2CCC(NC(=O)N3CCc4cc(F)ccc43)CC2)cc1. The molecule has 4 rings (SSSR count). The minimum absolute atomic E-state index is 0.0475. The Morgan fingerprint density at radius 3 is 2.35 bits per heavy atom. The number of nitrogens with zero attached hydrogens (tertiary/aromatic N) is 2. The van der Waals surface area contributed by atoms with Crippen LogP contribution in [0, 0.1) is 5.82 Å². The Morgan fingerprint density at radius 2 is 1.71 bits per heavy atom. The van der Waals surface area contributed by atoms with Crippen LogP contribution >= 0.6 is 0 Å². The molecule has 0 atom stereocenters. The Morgan fingerprint density at radius 1 is 1.03 bits per heavy atom. The summed E-state index contributed by atoms with van der Waals surface area (Å²) in [5.41, 5.74) is 2.01. The Bertz CT molecular complexity index is 1110. The number of piperidine rings is 1. The second kappa shape index (κ2) is 8.30. The number of sulfone groups is 1. The number of carbonyl (C=O) groups excluding carboxylic acids is 2. The van der Waals surface area contributed by atoms with Gasteiger partial charge in [0.25, 0.3) is 5.91 Å². The third-order valence-corrected chi connectivity index (χ3v) is 6.95. The van der Waals surface area contributed by atoms with E-state index in [1.807, 2.05) is 0 Å². The standard InChI is InChI=1S/C22H24FN3O4S/c1-31(29,30)19-5-2-15(3-6-19)21(27)25-11-9-18(10-12-25)24-22(28)26-13-8-16-14-17(23)4-7-20(16)26/h2-7,14,18H,8-13H2,1H3,(H,24,28). The molecule has 31 heavy (non-hydrogen) atoms. The highest BCUT2D eigenvalue weighted by Crippen LogP contribution is 2.28. The average molecular weight is 446 g/mol. The summed E-state index contributed by atoms with van der Waals surface area (Å²) in [7, 11) is -3.30. The van der Waals surface area contributed by atoms with Gasteiger partial charge in [-0.25, -0.2) is 17.6 Å². The average Bonchev–Trinajstić information content (AvgIpc) is 3.16. The van der Waals surface area contributed by atoms with Gasteiger partial charge in [-0.3, -0.25) is 9.69 Å². The van der Waals surface area contributed by atoms with Gasteiger partial charge in [-0.2, -0.15) is 0 Å². The van der Waals surface area contributed by atoms with Crippen molar-refractivity contribution in [3.8, 4) is 0 Å². The van der Waals surface area contributed by atoms with Crippen LogP contribution < -0.4 is 10.2 Å². The molecule has 0 unspecified atom stereocenters. The summed E-state index contributed by atoms with van der Waals surface area (Å²) in [5, 5.41) is 3.03. The number of urea groups is 1. The summed E-state index contributed by atoms with van der Waals surface area (Å²) in [5.74, 6) is -0.454. The quantitative estimate of drug-likeness (QED) is 0.787. The summed E-state index contributed by atoms with van der Waals surface area (Å²) < 4.78 is 36.5. The first-order chi connectivity index (χ1) is 14.7. The van der Waals surface area contributed by atoms with Gasteiger partial charge in [-0.1, -0.05) is 0 Å². The highest BCUT2D eigenvalue weighted by Gasteiger charge is 2.29. The lowest BCUT2D eigenvalue weighted by molar-refractivity contribution is 0.0708. The smallest absolute Gasteiger partial charge is 0.322 e. The number of rotatable bonds is 3. The molecule has 2 heterocycles. The molecule has 0 saturated carbocycles. The molecule has 0 radical (unpaired) electrons. The maximum atomic E-state index is 13.4. The van der Waals surface area contributed by atoms with E-state index in [0.29, 0.717) is 44.5 Å². The van der Waals surface area contributed by atoms with Crippen LogP contribution in [0.4, 0.5) is 14.9 Å². The van der Waals surface area contributed by atoms with Gasteiger partial charge in [0, 0.05) is 43.2 Å². The number of halogens is 1. The molecule has 7 nitrogen and oxygen atoms in total. The van der Waals surface area contributed by atoms with E-state index in [2.05, 4.69) is 5.32 Å². The second-order valence-corrected chi connectivity index (χ2v) is 10.0. The van der Waals surface area contributed by atoms with Gasteiger partial charge in [0.1, 0.15) is 5.82 Å². The van der Waals surface area contributed by atoms with Gasteiger partial charge < -0.3 is 10.2 Å². The minimum Gasteiger partial charge on any atom is -0.338 e. The molecule has 2 aliphatic heterocycles. The molecule has 1 N–H and O–H groups in total. The van der Waals surface area contributed by atoms with Crippen molar-refractivity contribution >= 4 is 27.5 Å². The molecule has 0 bridgehead atoms. The van der Waals surface area contributed by atoms with Gasteiger partial charge >= 0.3 is 6.03 Å². The Hall–Kier alpha value is -2.94. The van der Waals surface area contributed by atoms with E-state index in [9.17, 15) is 22.4 Å². The highest BCUT2D eigenvalue weighted by atomic mass is 32.2. The van der Waals surface area contributed by atoms with Crippen LogP contribution in [0.2, 0.25) is 0 Å². The highest BCUT2D eigenvalue weighted by molar-refractivity contribution is 7.90. The number of hydrogen-bond acceptors (Lipinski definition) is 4. The molecular weight excluding hydrogens is 421 g/mol. The van der Waals surface area contributed by atoms with Gasteiger partial charge in [-0.05, 0) is 67.3 Å². The summed E-state index contributed by atoms with van der Waals surface area (Å²) >= 11 is 0. The van der Waals surface area contributed by atoms with Crippen molar-refractivity contribution in [1.29, 1.82) is 0 Å². The maximum Gasteiger partial charge on any atom is 0.322 e. The number of anilines is 1. The van der Waals surface area contributed by atoms with E-state index in [1.54, 1.807) is 15.9 Å². The minimum atomic E-state index is -3.30. The van der Waals surface area contributed by atoms with E-state index in [-0.39, 0.29) is 28.7 Å². The van der Waals surface area contributed by atoms with E-state index in [1.165, 1.54) is 36.4 Å². The number of likely N-dealkylation sites (tertiary alicyclic amines) is 1. The number of fused-ring (bicyclic) bond motifs is 1. The molecule has 2 aromatic rings. The molecule has 1 fully saturated rings. The third kappa shape index (κ3) is 4.56. The molecule has 3 amide bonds. The van der Waals surface area contributed by atoms with Gasteiger partial charge in [0.05, 0.1) is 4.90 Å². The van der Waals surface area contributed by atoms with Gasteiger partial charge in [0.2, 0.25) is 0 Å². The van der Waals surface area contributed by atoms with Crippen LogP contribution in [0.5, 0.6) is 0 Å². The topological polar surface area (TPSA) is 86.8 Å². The number of hydrogen-bond donors (Lipinski definition) is 1. The van der Waals surface area contributed by atoms with Crippen molar-refractivity contribution in [2.45, 2.75) is 30.2 Å². The molecule has 1 saturated heterocycles. The van der Waals surface area contributed by atoms with Gasteiger partial charge in [-0.15, -0.1) is 0 Å². The predicted molar refractivity (Wildman–Crippen MR) is 114 cm³/mol. The fourth-order valence-corrected chi connectivity index (χ4v) is 4.72. The summed E-state index contributed by atoms with van der Waals surface area (Å²) in [6, 6.07) is 10.1. The normalized spacial score (nSPS) is 16.8. The van der Waals surface area contributed by atoms with E-state index < -0.39 is 9.84 Å². The lowest BCUT2D eigenvalue weighted by Gasteiger charge is -2.33. The maximum absolute atomic E-state index is 13.4. The van der Waals surface area contributed by atoms with E-state index >= 15 is 0 Å². The number of benzene rings is 2. The van der Waals surface area contributed by atoms with Crippen LogP contribution in [-0.4, -0.2) is 57.2 Å². The van der Waals surface area contributed by atoms with Crippen LogP contribution in [0.3, 0.4) is 0 Å². The van der Waals surface area contributed by atoms with Crippen molar-refractivity contribution in [1.82, 2.24) is 10.2 Å². The Balaban J connectivity index is 1.32. The number of amides is 3. The van der Waals surface area contributed by atoms with Crippen molar-refractivity contribution in [3.63, 3.8) is 0 Å². The zero-order chi connectivity index (χ0) is 22.2. The fraction of sp³-hybridized carbons (Fsp3) is 0.364. The molecule has 0 spiro atoms. The monoisotopic (exact) mass is 445 g/mol. The molecule has 164 valence electrons. The largest absolute Gasteiger partial charge is 0.338 e. The van der Waals surface area contributed by atoms with E-state index in [4.69, 9.17) is 0 Å². The zero-order valence-corrected chi connectivity index (χ0v) is 18.0. The van der Waals surface area contributed by atoms with Crippen LogP contribution in [-0.2, 0) is 16.3 Å². The first-order valence-corrected chi connectivity index (χ1v) is 12.1. The first-order valence-electron chi connectivity index (χ1n) is 10.2. The molecule has 0 aliphatic carbocycles. The molecular formula is C22H24FN3O4S. The predicted octanol–water partition coefficient (Wildman–Crippen LogP) is 2.61. The second-order valence-electron chi connectivity index (χ2n) is 7.99. The zero-order valence-electron chi connectivity index (χ0n) is 17.2. The van der Waals surface area contributed by atoms with E-state index in [0.717, 1.165) is 17.5 Å². The molecule has 2 aromatic carbocycles. The summed E-state index contributed by atoms with van der Waals surface area (Å²) in [6.45, 7) is 1.52. The lowest BCUT2D eigenvalue weighted by atomic mass is 10.0. The fourth-order valence-electron chi connectivity index (χ4n) is 4.09. The summed E-state index contributed by atoms with van der Waals surface area (Å²) in [4.78, 5) is 28.9. The van der Waals surface area contributed by atoms with Crippen molar-refractivity contribution in [3.05, 3.63) is 59.4 Å². The summed E-state index contributed by atoms with van der Waals surface area (Å²) in [6.07, 6.45) is 3.01. The van der Waals surface area contributed by atoms with Crippen molar-refractivity contribution in [2.75, 3.05) is 30.8 Å². The van der Waals surface area contributed by atoms with Crippen LogP contribution in [0.1, 0.15) is 28.8 Å². The molecule has 9 heteroatoms. The Kier molecular flexibility index (Phi) is 5.70. The van der Waals surface area contributed by atoms with Crippen LogP contribution in [0.15, 0.2) is 47.4 Å². The third-order valence-electron chi connectivity index (χ3n) is 5.82. The van der Waals surface area contributed by atoms with Gasteiger partial charge in [0.15, 0.2) is 9.84 Å². The van der Waals surface area contributed by atoms with Crippen molar-refractivity contribution in [2.24, 2.45) is 0 Å². The number of carbonyl (C=O) groups is 2. The van der Waals surface area contributed by atoms with Crippen molar-refractivity contribution < 1.29 is 22.4 Å². The lowest BCUT2D eigenvalue weighted by Crippen LogP contribution is -2.50. The van der Waals surface area contributed by atoms with Crippen LogP contribution in [0.25, 0.3) is 0 Å². The first kappa shape index (κ1) is 21.3. The Labute approximate surface area is 180 Å². The molecule has 2 aliphatic rings.